The summed E-state index contributed by atoms with van der Waals surface area (Å²) in [5, 5.41) is 19.8. The summed E-state index contributed by atoms with van der Waals surface area (Å²) in [5.41, 5.74) is 0. The van der Waals surface area contributed by atoms with Crippen molar-refractivity contribution in [2.75, 3.05) is 24.6 Å². The molecule has 0 aliphatic heterocycles. The average molecular weight is 424 g/mol. The quantitative estimate of drug-likeness (QED) is 0.355. The number of hydrogen-bond acceptors (Lipinski definition) is 6. The van der Waals surface area contributed by atoms with Crippen molar-refractivity contribution < 1.29 is 58.2 Å². The molecule has 0 aromatic rings. The summed E-state index contributed by atoms with van der Waals surface area (Å²) in [7, 11) is -6.33. The van der Waals surface area contributed by atoms with E-state index in [0.717, 1.165) is 0 Å². The smallest absolute Gasteiger partial charge is 0.550 e. The second-order valence-electron chi connectivity index (χ2n) is 4.83. The second kappa shape index (κ2) is 14.3. The molecular weight excluding hydrogens is 399 g/mol. The molecule has 0 aliphatic carbocycles. The Morgan fingerprint density at radius 3 is 1.22 bits per heavy atom. The summed E-state index contributed by atoms with van der Waals surface area (Å²) >= 11 is 0. The first-order valence-electron chi connectivity index (χ1n) is 6.97. The fourth-order valence-corrected chi connectivity index (χ4v) is 4.36. The maximum atomic E-state index is 11.0. The monoisotopic (exact) mass is 422 g/mol. The number of hydrogen-bond donors (Lipinski definition) is 2. The van der Waals surface area contributed by atoms with E-state index in [-0.39, 0.29) is 57.0 Å². The summed E-state index contributed by atoms with van der Waals surface area (Å²) in [5.74, 6) is -2.54. The fourth-order valence-electron chi connectivity index (χ4n) is 1.45. The van der Waals surface area contributed by atoms with Gasteiger partial charge in [-0.3, -0.25) is 9.13 Å². The van der Waals surface area contributed by atoms with E-state index < -0.39 is 26.7 Å². The molecule has 23 heavy (non-hydrogen) atoms. The Balaban J connectivity index is -0.000000333. The van der Waals surface area contributed by atoms with Gasteiger partial charge in [-0.2, -0.15) is 0 Å². The molecule has 132 valence electrons. The SMILES string of the molecule is CCCP(=O)(O)CCC(=O)[O-].CCCP(=O)(O)CCC(=O)[O-].[Zn+2]. The van der Waals surface area contributed by atoms with Crippen molar-refractivity contribution in [2.24, 2.45) is 0 Å². The van der Waals surface area contributed by atoms with Gasteiger partial charge in [0.2, 0.25) is 14.7 Å². The standard InChI is InChI=1S/2C6H13O4P.Zn/c2*1-2-4-11(9,10)5-3-6(7)8;/h2*2-5H2,1H3,(H,7,8)(H,9,10);/q;;+2/p-2. The number of carboxylic acid groups (broad SMARTS) is 2. The molecule has 0 aromatic carbocycles. The molecule has 0 amide bonds. The van der Waals surface area contributed by atoms with Gasteiger partial charge in [-0.05, 0) is 25.7 Å². The van der Waals surface area contributed by atoms with Crippen LogP contribution in [0.5, 0.6) is 0 Å². The van der Waals surface area contributed by atoms with Crippen LogP contribution in [0.15, 0.2) is 0 Å². The summed E-state index contributed by atoms with van der Waals surface area (Å²) in [6.45, 7) is 3.56. The van der Waals surface area contributed by atoms with Gasteiger partial charge in [-0.25, -0.2) is 0 Å². The van der Waals surface area contributed by atoms with Crippen molar-refractivity contribution in [3.63, 3.8) is 0 Å². The van der Waals surface area contributed by atoms with E-state index in [1.54, 1.807) is 13.8 Å². The largest absolute Gasteiger partial charge is 2.00 e. The van der Waals surface area contributed by atoms with Crippen molar-refractivity contribution in [1.82, 2.24) is 0 Å². The molecule has 11 heteroatoms. The number of rotatable bonds is 10. The van der Waals surface area contributed by atoms with E-state index in [0.29, 0.717) is 12.8 Å². The van der Waals surface area contributed by atoms with Gasteiger partial charge in [0, 0.05) is 36.6 Å². The molecule has 2 N–H and O–H groups in total. The zero-order valence-electron chi connectivity index (χ0n) is 13.6. The van der Waals surface area contributed by atoms with E-state index in [4.69, 9.17) is 9.79 Å². The number of carbonyl (C=O) groups excluding carboxylic acids is 2. The van der Waals surface area contributed by atoms with Gasteiger partial charge in [-0.15, -0.1) is 0 Å². The molecule has 0 spiro atoms. The Bertz CT molecular complexity index is 401. The van der Waals surface area contributed by atoms with Crippen LogP contribution in [0.3, 0.4) is 0 Å². The van der Waals surface area contributed by atoms with Crippen molar-refractivity contribution >= 4 is 26.7 Å². The Labute approximate surface area is 149 Å². The molecule has 0 saturated heterocycles. The summed E-state index contributed by atoms with van der Waals surface area (Å²) in [6, 6.07) is 0. The molecule has 0 bridgehead atoms. The van der Waals surface area contributed by atoms with Crippen LogP contribution in [0, 0.1) is 0 Å². The van der Waals surface area contributed by atoms with Gasteiger partial charge in [-0.1, -0.05) is 13.8 Å². The minimum Gasteiger partial charge on any atom is -0.550 e. The minimum atomic E-state index is -3.17. The van der Waals surface area contributed by atoms with E-state index in [9.17, 15) is 28.9 Å². The summed E-state index contributed by atoms with van der Waals surface area (Å²) in [6.07, 6.45) is 0.607. The van der Waals surface area contributed by atoms with Gasteiger partial charge in [0.25, 0.3) is 0 Å². The maximum Gasteiger partial charge on any atom is 2.00 e. The summed E-state index contributed by atoms with van der Waals surface area (Å²) < 4.78 is 22.0. The van der Waals surface area contributed by atoms with Gasteiger partial charge in [0.05, 0.1) is 0 Å². The van der Waals surface area contributed by atoms with Crippen LogP contribution in [0.2, 0.25) is 0 Å². The fraction of sp³-hybridized carbons (Fsp3) is 0.833. The number of carboxylic acids is 2. The maximum absolute atomic E-state index is 11.0. The Kier molecular flexibility index (Phi) is 17.3. The van der Waals surface area contributed by atoms with E-state index >= 15 is 0 Å². The summed E-state index contributed by atoms with van der Waals surface area (Å²) in [4.78, 5) is 37.9. The van der Waals surface area contributed by atoms with Crippen molar-refractivity contribution in [1.29, 1.82) is 0 Å². The zero-order valence-corrected chi connectivity index (χ0v) is 18.4. The van der Waals surface area contributed by atoms with Gasteiger partial charge in [0.1, 0.15) is 0 Å². The Morgan fingerprint density at radius 2 is 1.04 bits per heavy atom. The molecule has 2 atom stereocenters. The first-order valence-corrected chi connectivity index (χ1v) is 11.0. The first kappa shape index (κ1) is 27.8. The van der Waals surface area contributed by atoms with Gasteiger partial charge in [0.15, 0.2) is 0 Å². The predicted molar refractivity (Wildman–Crippen MR) is 78.9 cm³/mol. The van der Waals surface area contributed by atoms with Crippen LogP contribution in [0.1, 0.15) is 39.5 Å². The molecule has 0 fully saturated rings. The van der Waals surface area contributed by atoms with Crippen LogP contribution in [0.25, 0.3) is 0 Å². The molecule has 0 aliphatic rings. The topological polar surface area (TPSA) is 155 Å². The van der Waals surface area contributed by atoms with E-state index in [2.05, 4.69) is 0 Å². The molecule has 0 rings (SSSR count). The van der Waals surface area contributed by atoms with Crippen molar-refractivity contribution in [3.8, 4) is 0 Å². The van der Waals surface area contributed by atoms with Crippen molar-refractivity contribution in [2.45, 2.75) is 39.5 Å². The van der Waals surface area contributed by atoms with Crippen LogP contribution in [0.4, 0.5) is 0 Å². The third-order valence-electron chi connectivity index (χ3n) is 2.48. The second-order valence-corrected chi connectivity index (χ2v) is 10.0. The molecule has 0 aromatic heterocycles. The van der Waals surface area contributed by atoms with Crippen LogP contribution in [-0.4, -0.2) is 46.4 Å². The average Bonchev–Trinajstić information content (AvgIpc) is 2.35. The van der Waals surface area contributed by atoms with Crippen LogP contribution < -0.4 is 10.2 Å². The normalized spacial score (nSPS) is 15.1. The van der Waals surface area contributed by atoms with Crippen molar-refractivity contribution in [3.05, 3.63) is 0 Å². The minimum absolute atomic E-state index is 0. The van der Waals surface area contributed by atoms with E-state index in [1.165, 1.54) is 0 Å². The molecule has 2 unspecified atom stereocenters. The first-order chi connectivity index (χ1) is 9.95. The Hall–Kier alpha value is -0.0566. The predicted octanol–water partition coefficient (Wildman–Crippen LogP) is -0.389. The van der Waals surface area contributed by atoms with Gasteiger partial charge >= 0.3 is 19.5 Å². The Morgan fingerprint density at radius 1 is 0.783 bits per heavy atom. The number of carbonyl (C=O) groups is 2. The van der Waals surface area contributed by atoms with Crippen LogP contribution >= 0.6 is 14.7 Å². The van der Waals surface area contributed by atoms with Crippen LogP contribution in [-0.2, 0) is 38.2 Å². The molecule has 0 radical (unpaired) electrons. The molecular formula is C12H24O8P2Zn. The third kappa shape index (κ3) is 21.9. The molecule has 0 saturated carbocycles. The zero-order chi connectivity index (χ0) is 17.8. The number of aliphatic carboxylic acids is 2. The van der Waals surface area contributed by atoms with Gasteiger partial charge < -0.3 is 29.6 Å². The molecule has 0 heterocycles. The van der Waals surface area contributed by atoms with E-state index in [1.807, 2.05) is 0 Å². The third-order valence-corrected chi connectivity index (χ3v) is 6.61. The molecule has 8 nitrogen and oxygen atoms in total.